The summed E-state index contributed by atoms with van der Waals surface area (Å²) in [5.74, 6) is 0.610. The summed E-state index contributed by atoms with van der Waals surface area (Å²) in [5.41, 5.74) is 0. The monoisotopic (exact) mass is 210 g/mol. The largest absolute Gasteiger partial charge is 0.340 e. The Labute approximate surface area is 92.2 Å². The van der Waals surface area contributed by atoms with Gasteiger partial charge in [0.1, 0.15) is 0 Å². The van der Waals surface area contributed by atoms with Crippen molar-refractivity contribution in [3.05, 3.63) is 0 Å². The van der Waals surface area contributed by atoms with Crippen LogP contribution in [0.2, 0.25) is 0 Å². The number of hydrogen-bond acceptors (Lipinski definition) is 2. The van der Waals surface area contributed by atoms with Crippen LogP contribution in [0.4, 0.5) is 0 Å². The summed E-state index contributed by atoms with van der Waals surface area (Å²) in [6.07, 6.45) is 4.57. The summed E-state index contributed by atoms with van der Waals surface area (Å²) in [6, 6.07) is 0.825. The fourth-order valence-electron chi connectivity index (χ4n) is 2.85. The van der Waals surface area contributed by atoms with E-state index in [0.29, 0.717) is 18.0 Å². The first-order valence-electron chi connectivity index (χ1n) is 6.24. The van der Waals surface area contributed by atoms with Gasteiger partial charge in [0.05, 0.1) is 5.92 Å². The minimum atomic E-state index is 0.222. The Balaban J connectivity index is 1.99. The van der Waals surface area contributed by atoms with E-state index in [4.69, 9.17) is 0 Å². The van der Waals surface area contributed by atoms with E-state index in [1.807, 2.05) is 0 Å². The highest BCUT2D eigenvalue weighted by molar-refractivity contribution is 5.80. The highest BCUT2D eigenvalue weighted by Crippen LogP contribution is 2.24. The van der Waals surface area contributed by atoms with Crippen LogP contribution in [0.15, 0.2) is 0 Å². The summed E-state index contributed by atoms with van der Waals surface area (Å²) in [7, 11) is 0. The van der Waals surface area contributed by atoms with Crippen molar-refractivity contribution in [3.8, 4) is 0 Å². The molecule has 2 aliphatic rings. The molecule has 86 valence electrons. The molecule has 2 rings (SSSR count). The molecule has 1 N–H and O–H groups in total. The molecule has 0 aromatic carbocycles. The van der Waals surface area contributed by atoms with Crippen LogP contribution in [0, 0.1) is 5.92 Å². The van der Waals surface area contributed by atoms with Crippen LogP contribution in [0.5, 0.6) is 0 Å². The zero-order valence-corrected chi connectivity index (χ0v) is 9.83. The van der Waals surface area contributed by atoms with Crippen molar-refractivity contribution in [1.82, 2.24) is 10.2 Å². The van der Waals surface area contributed by atoms with Gasteiger partial charge in [0, 0.05) is 18.6 Å². The van der Waals surface area contributed by atoms with Gasteiger partial charge in [-0.3, -0.25) is 4.79 Å². The molecule has 3 atom stereocenters. The average Bonchev–Trinajstić information content (AvgIpc) is 2.64. The maximum atomic E-state index is 12.3. The topological polar surface area (TPSA) is 32.3 Å². The molecule has 3 nitrogen and oxygen atoms in total. The van der Waals surface area contributed by atoms with E-state index < -0.39 is 0 Å². The van der Waals surface area contributed by atoms with Gasteiger partial charge >= 0.3 is 0 Å². The Hall–Kier alpha value is -0.570. The SMILES string of the molecule is CC1CCCN1C(=O)[C@@H]1CCCN[C@@H]1C. The summed E-state index contributed by atoms with van der Waals surface area (Å²) in [4.78, 5) is 14.4. The third-order valence-corrected chi connectivity index (χ3v) is 3.92. The number of carbonyl (C=O) groups is 1. The highest BCUT2D eigenvalue weighted by Gasteiger charge is 2.34. The lowest BCUT2D eigenvalue weighted by Gasteiger charge is -2.33. The third kappa shape index (κ3) is 2.17. The number of carbonyl (C=O) groups excluding carboxylic acids is 1. The van der Waals surface area contributed by atoms with E-state index in [9.17, 15) is 4.79 Å². The Morgan fingerprint density at radius 3 is 2.67 bits per heavy atom. The Morgan fingerprint density at radius 1 is 1.27 bits per heavy atom. The molecule has 0 spiro atoms. The number of nitrogens with one attached hydrogen (secondary N) is 1. The van der Waals surface area contributed by atoms with Crippen molar-refractivity contribution < 1.29 is 4.79 Å². The van der Waals surface area contributed by atoms with Gasteiger partial charge in [0.25, 0.3) is 0 Å². The van der Waals surface area contributed by atoms with E-state index in [0.717, 1.165) is 25.9 Å². The average molecular weight is 210 g/mol. The minimum absolute atomic E-state index is 0.222. The van der Waals surface area contributed by atoms with Gasteiger partial charge in [-0.25, -0.2) is 0 Å². The molecule has 0 aliphatic carbocycles. The predicted octanol–water partition coefficient (Wildman–Crippen LogP) is 1.39. The summed E-state index contributed by atoms with van der Waals surface area (Å²) >= 11 is 0. The van der Waals surface area contributed by atoms with Crippen molar-refractivity contribution in [3.63, 3.8) is 0 Å². The van der Waals surface area contributed by atoms with Crippen molar-refractivity contribution in [1.29, 1.82) is 0 Å². The number of amides is 1. The molecular formula is C12H22N2O. The number of rotatable bonds is 1. The Morgan fingerprint density at radius 2 is 2.07 bits per heavy atom. The van der Waals surface area contributed by atoms with Crippen molar-refractivity contribution in [2.45, 2.75) is 51.6 Å². The van der Waals surface area contributed by atoms with Crippen molar-refractivity contribution in [2.75, 3.05) is 13.1 Å². The summed E-state index contributed by atoms with van der Waals surface area (Å²) in [6.45, 7) is 6.36. The standard InChI is InChI=1S/C12H22N2O/c1-9-5-4-8-14(9)12(15)11-6-3-7-13-10(11)2/h9-11,13H,3-8H2,1-2H3/t9?,10-,11-/m1/s1. The lowest BCUT2D eigenvalue weighted by molar-refractivity contribution is -0.137. The fraction of sp³-hybridized carbons (Fsp3) is 0.917. The molecule has 2 saturated heterocycles. The molecule has 0 radical (unpaired) electrons. The second-order valence-corrected chi connectivity index (χ2v) is 5.01. The third-order valence-electron chi connectivity index (χ3n) is 3.92. The van der Waals surface area contributed by atoms with Gasteiger partial charge in [-0.05, 0) is 46.1 Å². The van der Waals surface area contributed by atoms with Crippen molar-refractivity contribution in [2.24, 2.45) is 5.92 Å². The van der Waals surface area contributed by atoms with Crippen LogP contribution in [0.1, 0.15) is 39.5 Å². The Kier molecular flexibility index (Phi) is 3.29. The first kappa shape index (κ1) is 10.9. The predicted molar refractivity (Wildman–Crippen MR) is 60.6 cm³/mol. The molecule has 2 heterocycles. The second-order valence-electron chi connectivity index (χ2n) is 5.01. The molecule has 15 heavy (non-hydrogen) atoms. The van der Waals surface area contributed by atoms with Crippen LogP contribution >= 0.6 is 0 Å². The lowest BCUT2D eigenvalue weighted by Crippen LogP contribution is -2.48. The minimum Gasteiger partial charge on any atom is -0.340 e. The fourth-order valence-corrected chi connectivity index (χ4v) is 2.85. The highest BCUT2D eigenvalue weighted by atomic mass is 16.2. The molecule has 0 bridgehead atoms. The van der Waals surface area contributed by atoms with Crippen LogP contribution < -0.4 is 5.32 Å². The van der Waals surface area contributed by atoms with E-state index in [1.54, 1.807) is 0 Å². The number of piperidine rings is 1. The molecular weight excluding hydrogens is 188 g/mol. The second kappa shape index (κ2) is 4.52. The van der Waals surface area contributed by atoms with Gasteiger partial charge < -0.3 is 10.2 Å². The van der Waals surface area contributed by atoms with Gasteiger partial charge in [-0.1, -0.05) is 0 Å². The molecule has 2 aliphatic heterocycles. The van der Waals surface area contributed by atoms with Gasteiger partial charge in [0.15, 0.2) is 0 Å². The lowest BCUT2D eigenvalue weighted by atomic mass is 9.90. The van der Waals surface area contributed by atoms with Crippen LogP contribution in [0.3, 0.4) is 0 Å². The molecule has 2 fully saturated rings. The molecule has 1 amide bonds. The first-order chi connectivity index (χ1) is 7.20. The van der Waals surface area contributed by atoms with Gasteiger partial charge in [0.2, 0.25) is 5.91 Å². The maximum absolute atomic E-state index is 12.3. The number of hydrogen-bond donors (Lipinski definition) is 1. The zero-order valence-electron chi connectivity index (χ0n) is 9.83. The smallest absolute Gasteiger partial charge is 0.227 e. The molecule has 0 saturated carbocycles. The van der Waals surface area contributed by atoms with Crippen LogP contribution in [-0.4, -0.2) is 36.0 Å². The van der Waals surface area contributed by atoms with Crippen LogP contribution in [0.25, 0.3) is 0 Å². The van der Waals surface area contributed by atoms with Crippen LogP contribution in [-0.2, 0) is 4.79 Å². The normalized spacial score (nSPS) is 36.9. The number of nitrogens with zero attached hydrogens (tertiary/aromatic N) is 1. The first-order valence-corrected chi connectivity index (χ1v) is 6.24. The molecule has 0 aromatic rings. The quantitative estimate of drug-likeness (QED) is 0.709. The van der Waals surface area contributed by atoms with E-state index in [1.165, 1.54) is 12.8 Å². The van der Waals surface area contributed by atoms with Gasteiger partial charge in [-0.15, -0.1) is 0 Å². The summed E-state index contributed by atoms with van der Waals surface area (Å²) in [5, 5.41) is 3.40. The van der Waals surface area contributed by atoms with E-state index in [2.05, 4.69) is 24.1 Å². The van der Waals surface area contributed by atoms with Crippen molar-refractivity contribution >= 4 is 5.91 Å². The van der Waals surface area contributed by atoms with E-state index >= 15 is 0 Å². The summed E-state index contributed by atoms with van der Waals surface area (Å²) < 4.78 is 0. The number of likely N-dealkylation sites (tertiary alicyclic amines) is 1. The maximum Gasteiger partial charge on any atom is 0.227 e. The van der Waals surface area contributed by atoms with E-state index in [-0.39, 0.29) is 5.92 Å². The molecule has 1 unspecified atom stereocenters. The molecule has 0 aromatic heterocycles. The molecule has 3 heteroatoms. The van der Waals surface area contributed by atoms with Gasteiger partial charge in [-0.2, -0.15) is 0 Å². The Bertz CT molecular complexity index is 242. The zero-order chi connectivity index (χ0) is 10.8.